The van der Waals surface area contributed by atoms with Gasteiger partial charge in [-0.1, -0.05) is 19.1 Å². The molecule has 0 aliphatic rings. The highest BCUT2D eigenvalue weighted by atomic mass is 32.2. The maximum absolute atomic E-state index is 10.5. The number of thiol groups is 1. The summed E-state index contributed by atoms with van der Waals surface area (Å²) < 4.78 is 21.0. The molecule has 0 saturated carbocycles. The Labute approximate surface area is 67.8 Å². The lowest BCUT2D eigenvalue weighted by atomic mass is 10.2. The number of benzene rings is 1. The van der Waals surface area contributed by atoms with Crippen LogP contribution in [0, 0.1) is 0 Å². The molecule has 1 aromatic rings. The van der Waals surface area contributed by atoms with Gasteiger partial charge in [0.05, 0.1) is 4.90 Å². The Balaban J connectivity index is 3.10. The number of rotatable bonds is 2. The normalized spacial score (nSPS) is 10.4. The van der Waals surface area contributed by atoms with Gasteiger partial charge in [-0.25, -0.2) is 8.42 Å². The maximum atomic E-state index is 10.5. The predicted octanol–water partition coefficient (Wildman–Crippen LogP) is 1.22. The number of hydrogen-bond acceptors (Lipinski definition) is 2. The summed E-state index contributed by atoms with van der Waals surface area (Å²) in [5.41, 5.74) is 1.06. The van der Waals surface area contributed by atoms with Gasteiger partial charge in [-0.05, 0) is 24.1 Å². The van der Waals surface area contributed by atoms with E-state index in [1.54, 1.807) is 18.2 Å². The third-order valence-electron chi connectivity index (χ3n) is 1.53. The van der Waals surface area contributed by atoms with Crippen LogP contribution in [0.5, 0.6) is 0 Å². The van der Waals surface area contributed by atoms with Gasteiger partial charge in [0.25, 0.3) is 0 Å². The Morgan fingerprint density at radius 1 is 1.36 bits per heavy atom. The van der Waals surface area contributed by atoms with Gasteiger partial charge in [0.15, 0.2) is 10.7 Å². The molecule has 0 spiro atoms. The molecule has 60 valence electrons. The van der Waals surface area contributed by atoms with Crippen LogP contribution in [0.1, 0.15) is 12.5 Å². The minimum absolute atomic E-state index is 0.402. The largest absolute Gasteiger partial charge is 0.227 e. The molecule has 0 aliphatic heterocycles. The van der Waals surface area contributed by atoms with Crippen molar-refractivity contribution in [1.82, 2.24) is 0 Å². The van der Waals surface area contributed by atoms with Gasteiger partial charge in [0.1, 0.15) is 0 Å². The van der Waals surface area contributed by atoms with Gasteiger partial charge < -0.3 is 0 Å². The topological polar surface area (TPSA) is 34.1 Å². The van der Waals surface area contributed by atoms with E-state index in [9.17, 15) is 8.42 Å². The quantitative estimate of drug-likeness (QED) is 0.677. The summed E-state index contributed by atoms with van der Waals surface area (Å²) in [4.78, 5) is 0.402. The van der Waals surface area contributed by atoms with Crippen molar-refractivity contribution < 1.29 is 8.42 Å². The second-order valence-electron chi connectivity index (χ2n) is 2.28. The van der Waals surface area contributed by atoms with Crippen molar-refractivity contribution in [2.24, 2.45) is 0 Å². The van der Waals surface area contributed by atoms with Crippen molar-refractivity contribution in [2.45, 2.75) is 18.2 Å². The highest BCUT2D eigenvalue weighted by molar-refractivity contribution is 7.72. The molecule has 11 heavy (non-hydrogen) atoms. The van der Waals surface area contributed by atoms with Crippen LogP contribution in [0.4, 0.5) is 0 Å². The van der Waals surface area contributed by atoms with Gasteiger partial charge in [-0.15, -0.1) is 0 Å². The van der Waals surface area contributed by atoms with Gasteiger partial charge in [-0.2, -0.15) is 0 Å². The first kappa shape index (κ1) is 8.27. The zero-order valence-corrected chi connectivity index (χ0v) is 7.17. The molecule has 0 fully saturated rings. The van der Waals surface area contributed by atoms with E-state index in [1.807, 2.05) is 13.0 Å². The Kier molecular flexibility index (Phi) is 2.65. The highest BCUT2D eigenvalue weighted by Gasteiger charge is 1.94. The first-order valence-electron chi connectivity index (χ1n) is 3.47. The lowest BCUT2D eigenvalue weighted by Gasteiger charge is -1.95. The zero-order chi connectivity index (χ0) is 8.27. The maximum Gasteiger partial charge on any atom is 0.168 e. The second kappa shape index (κ2) is 3.53. The number of hydrogen-bond donors (Lipinski definition) is 1. The molecule has 1 rings (SSSR count). The molecular formula is C8H10O2S. The fourth-order valence-electron chi connectivity index (χ4n) is 0.890. The average Bonchev–Trinajstić information content (AvgIpc) is 2.05. The van der Waals surface area contributed by atoms with E-state index in [1.165, 1.54) is 0 Å². The summed E-state index contributed by atoms with van der Waals surface area (Å²) in [6.45, 7) is 2.00. The summed E-state index contributed by atoms with van der Waals surface area (Å²) in [5.74, 6) is 0. The second-order valence-corrected chi connectivity index (χ2v) is 3.31. The van der Waals surface area contributed by atoms with E-state index in [0.717, 1.165) is 12.0 Å². The van der Waals surface area contributed by atoms with E-state index in [4.69, 9.17) is 0 Å². The van der Waals surface area contributed by atoms with E-state index >= 15 is 0 Å². The van der Waals surface area contributed by atoms with Crippen molar-refractivity contribution in [3.63, 3.8) is 0 Å². The third-order valence-corrected chi connectivity index (χ3v) is 2.23. The molecule has 0 atom stereocenters. The first-order valence-corrected chi connectivity index (χ1v) is 4.65. The van der Waals surface area contributed by atoms with Crippen LogP contribution >= 0.6 is 0 Å². The monoisotopic (exact) mass is 170 g/mol. The van der Waals surface area contributed by atoms with Gasteiger partial charge >= 0.3 is 0 Å². The van der Waals surface area contributed by atoms with Crippen LogP contribution in [0.15, 0.2) is 29.2 Å². The summed E-state index contributed by atoms with van der Waals surface area (Å²) in [7, 11) is -2.42. The summed E-state index contributed by atoms with van der Waals surface area (Å²) >= 11 is 0. The third kappa shape index (κ3) is 2.05. The minimum atomic E-state index is -2.42. The summed E-state index contributed by atoms with van der Waals surface area (Å²) in [6, 6.07) is 6.98. The van der Waals surface area contributed by atoms with Gasteiger partial charge in [-0.3, -0.25) is 0 Å². The standard InChI is InChI=1S/C8H10O2S/c1-2-7-4-3-5-8(6-7)11(9)10/h3-6,11H,2H2,1H3. The molecule has 0 heterocycles. The lowest BCUT2D eigenvalue weighted by Crippen LogP contribution is -1.83. The van der Waals surface area contributed by atoms with Gasteiger partial charge in [0, 0.05) is 0 Å². The summed E-state index contributed by atoms with van der Waals surface area (Å²) in [6.07, 6.45) is 0.872. The SMILES string of the molecule is CCc1cccc([SH](=O)=O)c1. The Bertz CT molecular complexity index is 308. The fraction of sp³-hybridized carbons (Fsp3) is 0.250. The molecule has 1 aromatic carbocycles. The van der Waals surface area contributed by atoms with E-state index in [0.29, 0.717) is 4.90 Å². The van der Waals surface area contributed by atoms with Crippen LogP contribution in [0.2, 0.25) is 0 Å². The molecular weight excluding hydrogens is 160 g/mol. The van der Waals surface area contributed by atoms with Crippen LogP contribution in [0.25, 0.3) is 0 Å². The molecule has 0 saturated heterocycles. The van der Waals surface area contributed by atoms with Crippen LogP contribution < -0.4 is 0 Å². The van der Waals surface area contributed by atoms with Crippen molar-refractivity contribution in [1.29, 1.82) is 0 Å². The Morgan fingerprint density at radius 3 is 2.64 bits per heavy atom. The van der Waals surface area contributed by atoms with Crippen LogP contribution in [0.3, 0.4) is 0 Å². The smallest absolute Gasteiger partial charge is 0.168 e. The highest BCUT2D eigenvalue weighted by Crippen LogP contribution is 2.06. The van der Waals surface area contributed by atoms with Crippen molar-refractivity contribution in [3.05, 3.63) is 29.8 Å². The molecule has 2 nitrogen and oxygen atoms in total. The van der Waals surface area contributed by atoms with Crippen molar-refractivity contribution in [2.75, 3.05) is 0 Å². The zero-order valence-electron chi connectivity index (χ0n) is 6.28. The van der Waals surface area contributed by atoms with Crippen LogP contribution in [-0.2, 0) is 17.1 Å². The van der Waals surface area contributed by atoms with Gasteiger partial charge in [0.2, 0.25) is 0 Å². The molecule has 0 amide bonds. The first-order chi connectivity index (χ1) is 5.24. The molecule has 0 unspecified atom stereocenters. The Morgan fingerprint density at radius 2 is 2.09 bits per heavy atom. The van der Waals surface area contributed by atoms with Crippen molar-refractivity contribution in [3.8, 4) is 0 Å². The van der Waals surface area contributed by atoms with E-state index < -0.39 is 10.7 Å². The average molecular weight is 170 g/mol. The van der Waals surface area contributed by atoms with Crippen LogP contribution in [-0.4, -0.2) is 8.42 Å². The fourth-order valence-corrected chi connectivity index (χ4v) is 1.37. The number of aryl methyl sites for hydroxylation is 1. The van der Waals surface area contributed by atoms with E-state index in [2.05, 4.69) is 0 Å². The summed E-state index contributed by atoms with van der Waals surface area (Å²) in [5, 5.41) is 0. The molecule has 0 radical (unpaired) electrons. The lowest BCUT2D eigenvalue weighted by molar-refractivity contribution is 0.614. The Hall–Kier alpha value is -0.830. The molecule has 0 N–H and O–H groups in total. The molecule has 0 aromatic heterocycles. The molecule has 0 aliphatic carbocycles. The van der Waals surface area contributed by atoms with Crippen molar-refractivity contribution >= 4 is 10.7 Å². The van der Waals surface area contributed by atoms with E-state index in [-0.39, 0.29) is 0 Å². The minimum Gasteiger partial charge on any atom is -0.227 e. The molecule has 0 bridgehead atoms. The predicted molar refractivity (Wildman–Crippen MR) is 44.4 cm³/mol. The molecule has 3 heteroatoms.